The average Bonchev–Trinajstić information content (AvgIpc) is 2.70. The van der Waals surface area contributed by atoms with E-state index in [1.165, 1.54) is 4.68 Å². The highest BCUT2D eigenvalue weighted by Crippen LogP contribution is 2.16. The molecule has 0 aliphatic carbocycles. The molecule has 0 unspecified atom stereocenters. The summed E-state index contributed by atoms with van der Waals surface area (Å²) in [7, 11) is 3.31. The lowest BCUT2D eigenvalue weighted by Crippen LogP contribution is -2.26. The van der Waals surface area contributed by atoms with Crippen LogP contribution in [0.5, 0.6) is 5.75 Å². The molecule has 1 aromatic carbocycles. The van der Waals surface area contributed by atoms with Crippen LogP contribution >= 0.6 is 0 Å². The zero-order valence-corrected chi connectivity index (χ0v) is 11.8. The lowest BCUT2D eigenvalue weighted by Gasteiger charge is -2.07. The summed E-state index contributed by atoms with van der Waals surface area (Å²) in [6.45, 7) is 2.17. The van der Waals surface area contributed by atoms with Crippen molar-refractivity contribution in [3.05, 3.63) is 41.2 Å². The number of aryl methyl sites for hydroxylation is 2. The number of nitrogens with zero attached hydrogens (tertiary/aromatic N) is 2. The molecule has 0 aliphatic heterocycles. The molecule has 106 valence electrons. The first kappa shape index (κ1) is 13.9. The van der Waals surface area contributed by atoms with E-state index in [4.69, 9.17) is 10.5 Å². The van der Waals surface area contributed by atoms with Gasteiger partial charge in [0, 0.05) is 13.6 Å². The van der Waals surface area contributed by atoms with Crippen molar-refractivity contribution in [2.75, 3.05) is 12.8 Å². The fourth-order valence-electron chi connectivity index (χ4n) is 1.99. The number of benzene rings is 1. The van der Waals surface area contributed by atoms with Crippen LogP contribution in [0.25, 0.3) is 0 Å². The summed E-state index contributed by atoms with van der Waals surface area (Å²) in [5, 5.41) is 6.95. The summed E-state index contributed by atoms with van der Waals surface area (Å²) in [5.41, 5.74) is 8.25. The fraction of sp³-hybridized carbons (Fsp3) is 0.286. The second-order valence-corrected chi connectivity index (χ2v) is 4.51. The van der Waals surface area contributed by atoms with E-state index >= 15 is 0 Å². The number of methoxy groups -OCH3 is 1. The van der Waals surface area contributed by atoms with E-state index < -0.39 is 0 Å². The summed E-state index contributed by atoms with van der Waals surface area (Å²) in [6, 6.07) is 7.52. The molecule has 2 rings (SSSR count). The van der Waals surface area contributed by atoms with Crippen molar-refractivity contribution < 1.29 is 9.53 Å². The smallest absolute Gasteiger partial charge is 0.271 e. The zero-order chi connectivity index (χ0) is 14.7. The number of amides is 1. The molecule has 0 atom stereocenters. The van der Waals surface area contributed by atoms with Gasteiger partial charge < -0.3 is 15.8 Å². The highest BCUT2D eigenvalue weighted by Gasteiger charge is 2.17. The summed E-state index contributed by atoms with van der Waals surface area (Å²) in [5.74, 6) is 0.515. The van der Waals surface area contributed by atoms with Crippen LogP contribution in [0.3, 0.4) is 0 Å². The molecule has 20 heavy (non-hydrogen) atoms. The van der Waals surface area contributed by atoms with Gasteiger partial charge in [-0.15, -0.1) is 0 Å². The predicted molar refractivity (Wildman–Crippen MR) is 76.5 cm³/mol. The highest BCUT2D eigenvalue weighted by atomic mass is 16.5. The molecular formula is C14H18N4O2. The molecule has 6 heteroatoms. The molecule has 0 aliphatic rings. The Bertz CT molecular complexity index is 634. The van der Waals surface area contributed by atoms with Crippen molar-refractivity contribution >= 4 is 11.6 Å². The van der Waals surface area contributed by atoms with Gasteiger partial charge in [-0.1, -0.05) is 12.1 Å². The number of hydrogen-bond acceptors (Lipinski definition) is 4. The van der Waals surface area contributed by atoms with Crippen LogP contribution in [-0.2, 0) is 13.6 Å². The topological polar surface area (TPSA) is 82.2 Å². The first-order valence-electron chi connectivity index (χ1n) is 6.23. The Morgan fingerprint density at radius 3 is 2.85 bits per heavy atom. The molecule has 0 radical (unpaired) electrons. The SMILES string of the molecule is COc1cccc(CNC(=O)c2c(N)c(C)nn2C)c1. The third-order valence-electron chi connectivity index (χ3n) is 3.07. The van der Waals surface area contributed by atoms with Crippen LogP contribution in [0.2, 0.25) is 0 Å². The summed E-state index contributed by atoms with van der Waals surface area (Å²) < 4.78 is 6.63. The van der Waals surface area contributed by atoms with Crippen molar-refractivity contribution in [3.8, 4) is 5.75 Å². The van der Waals surface area contributed by atoms with Gasteiger partial charge >= 0.3 is 0 Å². The van der Waals surface area contributed by atoms with Gasteiger partial charge in [-0.25, -0.2) is 0 Å². The lowest BCUT2D eigenvalue weighted by atomic mass is 10.2. The Kier molecular flexibility index (Phi) is 3.93. The molecule has 6 nitrogen and oxygen atoms in total. The van der Waals surface area contributed by atoms with Crippen LogP contribution in [0, 0.1) is 6.92 Å². The van der Waals surface area contributed by atoms with Crippen LogP contribution < -0.4 is 15.8 Å². The molecule has 0 saturated heterocycles. The van der Waals surface area contributed by atoms with E-state index in [0.29, 0.717) is 23.6 Å². The van der Waals surface area contributed by atoms with E-state index in [1.54, 1.807) is 21.1 Å². The first-order valence-corrected chi connectivity index (χ1v) is 6.23. The van der Waals surface area contributed by atoms with E-state index in [0.717, 1.165) is 11.3 Å². The van der Waals surface area contributed by atoms with Crippen molar-refractivity contribution in [2.45, 2.75) is 13.5 Å². The number of carbonyl (C=O) groups is 1. The first-order chi connectivity index (χ1) is 9.52. The van der Waals surface area contributed by atoms with E-state index in [9.17, 15) is 4.79 Å². The van der Waals surface area contributed by atoms with Gasteiger partial charge in [-0.2, -0.15) is 5.10 Å². The monoisotopic (exact) mass is 274 g/mol. The summed E-state index contributed by atoms with van der Waals surface area (Å²) >= 11 is 0. The molecule has 0 bridgehead atoms. The largest absolute Gasteiger partial charge is 0.497 e. The Morgan fingerprint density at radius 1 is 1.50 bits per heavy atom. The molecule has 0 saturated carbocycles. The van der Waals surface area contributed by atoms with Gasteiger partial charge in [0.15, 0.2) is 0 Å². The Balaban J connectivity index is 2.08. The van der Waals surface area contributed by atoms with Gasteiger partial charge in [-0.05, 0) is 24.6 Å². The van der Waals surface area contributed by atoms with Crippen LogP contribution in [-0.4, -0.2) is 22.8 Å². The second kappa shape index (κ2) is 5.64. The molecule has 0 spiro atoms. The number of hydrogen-bond donors (Lipinski definition) is 2. The molecule has 0 fully saturated rings. The van der Waals surface area contributed by atoms with Crippen molar-refractivity contribution in [2.24, 2.45) is 7.05 Å². The number of anilines is 1. The van der Waals surface area contributed by atoms with Crippen molar-refractivity contribution in [1.29, 1.82) is 0 Å². The molecule has 2 aromatic rings. The molecule has 1 amide bonds. The van der Waals surface area contributed by atoms with Crippen molar-refractivity contribution in [3.63, 3.8) is 0 Å². The summed E-state index contributed by atoms with van der Waals surface area (Å²) in [6.07, 6.45) is 0. The maximum Gasteiger partial charge on any atom is 0.271 e. The maximum absolute atomic E-state index is 12.1. The predicted octanol–water partition coefficient (Wildman–Crippen LogP) is 1.25. The minimum Gasteiger partial charge on any atom is -0.497 e. The fourth-order valence-corrected chi connectivity index (χ4v) is 1.99. The van der Waals surface area contributed by atoms with Crippen LogP contribution in [0.4, 0.5) is 5.69 Å². The highest BCUT2D eigenvalue weighted by molar-refractivity contribution is 5.97. The third-order valence-corrected chi connectivity index (χ3v) is 3.07. The van der Waals surface area contributed by atoms with E-state index in [1.807, 2.05) is 24.3 Å². The summed E-state index contributed by atoms with van der Waals surface area (Å²) in [4.78, 5) is 12.1. The number of aromatic nitrogens is 2. The normalized spacial score (nSPS) is 10.3. The molecule has 3 N–H and O–H groups in total. The number of nitrogen functional groups attached to an aromatic ring is 1. The quantitative estimate of drug-likeness (QED) is 0.879. The minimum atomic E-state index is -0.242. The van der Waals surface area contributed by atoms with E-state index in [2.05, 4.69) is 10.4 Å². The Labute approximate surface area is 117 Å². The third kappa shape index (κ3) is 2.74. The minimum absolute atomic E-state index is 0.242. The molecular weight excluding hydrogens is 256 g/mol. The molecule has 1 heterocycles. The van der Waals surface area contributed by atoms with Gasteiger partial charge in [0.2, 0.25) is 0 Å². The van der Waals surface area contributed by atoms with Crippen molar-refractivity contribution in [1.82, 2.24) is 15.1 Å². The number of rotatable bonds is 4. The van der Waals surface area contributed by atoms with Gasteiger partial charge in [0.25, 0.3) is 5.91 Å². The Hall–Kier alpha value is -2.50. The lowest BCUT2D eigenvalue weighted by molar-refractivity contribution is 0.0942. The number of carbonyl (C=O) groups excluding carboxylic acids is 1. The average molecular weight is 274 g/mol. The van der Waals surface area contributed by atoms with Crippen LogP contribution in [0.1, 0.15) is 21.7 Å². The van der Waals surface area contributed by atoms with Gasteiger partial charge in [0.1, 0.15) is 11.4 Å². The number of nitrogens with two attached hydrogens (primary N) is 1. The Morgan fingerprint density at radius 2 is 2.25 bits per heavy atom. The maximum atomic E-state index is 12.1. The second-order valence-electron chi connectivity index (χ2n) is 4.51. The standard InChI is InChI=1S/C14H18N4O2/c1-9-12(15)13(18(2)17-9)14(19)16-8-10-5-4-6-11(7-10)20-3/h4-7H,8,15H2,1-3H3,(H,16,19). The molecule has 1 aromatic heterocycles. The van der Waals surface area contributed by atoms with Gasteiger partial charge in [0.05, 0.1) is 18.5 Å². The van der Waals surface area contributed by atoms with E-state index in [-0.39, 0.29) is 5.91 Å². The van der Waals surface area contributed by atoms with Crippen LogP contribution in [0.15, 0.2) is 24.3 Å². The number of nitrogens with one attached hydrogen (secondary N) is 1. The van der Waals surface area contributed by atoms with Gasteiger partial charge in [-0.3, -0.25) is 9.48 Å². The zero-order valence-electron chi connectivity index (χ0n) is 11.8. The number of ether oxygens (including phenoxy) is 1.